The fourth-order valence-electron chi connectivity index (χ4n) is 3.84. The molecule has 0 radical (unpaired) electrons. The van der Waals surface area contributed by atoms with Gasteiger partial charge in [0.05, 0.1) is 6.54 Å². The summed E-state index contributed by atoms with van der Waals surface area (Å²) in [7, 11) is 0. The van der Waals surface area contributed by atoms with Gasteiger partial charge in [-0.15, -0.1) is 11.3 Å². The Morgan fingerprint density at radius 3 is 3.16 bits per heavy atom. The molecule has 1 aromatic carbocycles. The Morgan fingerprint density at radius 1 is 1.36 bits per heavy atom. The number of hydrogen-bond acceptors (Lipinski definition) is 4. The van der Waals surface area contributed by atoms with Crippen molar-refractivity contribution < 1.29 is 9.32 Å². The number of hydrogen-bond donors (Lipinski definition) is 2. The number of nitrogens with one attached hydrogen (secondary N) is 2. The Hall–Kier alpha value is -2.44. The molecular formula is C19H18N3O2S+. The molecule has 1 unspecified atom stereocenters. The van der Waals surface area contributed by atoms with Gasteiger partial charge in [-0.25, -0.2) is 4.98 Å². The van der Waals surface area contributed by atoms with Crippen LogP contribution in [0.5, 0.6) is 0 Å². The maximum atomic E-state index is 12.5. The molecule has 25 heavy (non-hydrogen) atoms. The molecule has 1 aliphatic heterocycles. The van der Waals surface area contributed by atoms with E-state index in [0.29, 0.717) is 29.3 Å². The van der Waals surface area contributed by atoms with Crippen molar-refractivity contribution in [3.63, 3.8) is 0 Å². The molecule has 3 aromatic heterocycles. The molecule has 6 heteroatoms. The second-order valence-electron chi connectivity index (χ2n) is 6.64. The maximum absolute atomic E-state index is 12.5. The van der Waals surface area contributed by atoms with Crippen molar-refractivity contribution in [3.05, 3.63) is 62.3 Å². The van der Waals surface area contributed by atoms with Gasteiger partial charge in [0.15, 0.2) is 5.82 Å². The lowest BCUT2D eigenvalue weighted by molar-refractivity contribution is -0.945. The highest BCUT2D eigenvalue weighted by molar-refractivity contribution is 7.10. The number of quaternary nitrogens is 1. The first-order chi connectivity index (χ1) is 12.2. The van der Waals surface area contributed by atoms with Crippen LogP contribution in [0.25, 0.3) is 22.1 Å². The van der Waals surface area contributed by atoms with E-state index < -0.39 is 0 Å². The molecule has 5 rings (SSSR count). The van der Waals surface area contributed by atoms with E-state index >= 15 is 0 Å². The molecule has 0 amide bonds. The topological polar surface area (TPSA) is 63.3 Å². The van der Waals surface area contributed by atoms with Crippen molar-refractivity contribution in [3.8, 4) is 0 Å². The van der Waals surface area contributed by atoms with Crippen LogP contribution in [-0.2, 0) is 13.0 Å². The molecule has 126 valence electrons. The van der Waals surface area contributed by atoms with Crippen molar-refractivity contribution in [1.82, 2.24) is 9.97 Å². The molecule has 1 aliphatic rings. The van der Waals surface area contributed by atoms with E-state index in [2.05, 4.69) is 23.4 Å². The van der Waals surface area contributed by atoms with Crippen LogP contribution in [-0.4, -0.2) is 16.5 Å². The molecule has 0 spiro atoms. The summed E-state index contributed by atoms with van der Waals surface area (Å²) in [6, 6.07) is 10.3. The molecule has 0 aliphatic carbocycles. The van der Waals surface area contributed by atoms with Crippen LogP contribution in [0.1, 0.15) is 29.2 Å². The van der Waals surface area contributed by atoms with Crippen LogP contribution in [0.2, 0.25) is 0 Å². The van der Waals surface area contributed by atoms with Gasteiger partial charge in [0.2, 0.25) is 5.58 Å². The van der Waals surface area contributed by atoms with Gasteiger partial charge in [-0.1, -0.05) is 12.1 Å². The smallest absolute Gasteiger partial charge is 0.294 e. The van der Waals surface area contributed by atoms with Crippen molar-refractivity contribution in [2.75, 3.05) is 6.54 Å². The third-order valence-electron chi connectivity index (χ3n) is 5.21. The largest absolute Gasteiger partial charge is 0.449 e. The second-order valence-corrected chi connectivity index (χ2v) is 7.65. The Kier molecular flexibility index (Phi) is 3.29. The molecular weight excluding hydrogens is 334 g/mol. The highest BCUT2D eigenvalue weighted by Gasteiger charge is 2.29. The van der Waals surface area contributed by atoms with Crippen molar-refractivity contribution in [2.45, 2.75) is 25.9 Å². The predicted molar refractivity (Wildman–Crippen MR) is 98.1 cm³/mol. The summed E-state index contributed by atoms with van der Waals surface area (Å²) in [6.45, 7) is 4.02. The lowest BCUT2D eigenvalue weighted by atomic mass is 10.0. The summed E-state index contributed by atoms with van der Waals surface area (Å²) < 4.78 is 5.67. The molecule has 0 saturated heterocycles. The van der Waals surface area contributed by atoms with E-state index in [1.165, 1.54) is 15.3 Å². The van der Waals surface area contributed by atoms with Gasteiger partial charge in [-0.05, 0) is 30.5 Å². The van der Waals surface area contributed by atoms with Crippen LogP contribution < -0.4 is 10.5 Å². The maximum Gasteiger partial charge on any atom is 0.294 e. The van der Waals surface area contributed by atoms with Crippen LogP contribution in [0, 0.1) is 0 Å². The van der Waals surface area contributed by atoms with Crippen molar-refractivity contribution >= 4 is 33.4 Å². The quantitative estimate of drug-likeness (QED) is 0.582. The molecule has 2 N–H and O–H groups in total. The van der Waals surface area contributed by atoms with Gasteiger partial charge in [-0.3, -0.25) is 4.79 Å². The third kappa shape index (κ3) is 2.33. The molecule has 0 saturated carbocycles. The molecule has 4 aromatic rings. The number of furan rings is 1. The first kappa shape index (κ1) is 14.9. The number of thiophene rings is 1. The van der Waals surface area contributed by atoms with Gasteiger partial charge in [0.25, 0.3) is 5.56 Å². The van der Waals surface area contributed by atoms with E-state index in [-0.39, 0.29) is 5.56 Å². The number of rotatable bonds is 2. The number of H-pyrrole nitrogens is 1. The van der Waals surface area contributed by atoms with E-state index in [4.69, 9.17) is 9.40 Å². The van der Waals surface area contributed by atoms with Crippen LogP contribution in [0.3, 0.4) is 0 Å². The van der Waals surface area contributed by atoms with E-state index in [1.54, 1.807) is 0 Å². The number of para-hydroxylation sites is 1. The van der Waals surface area contributed by atoms with Gasteiger partial charge in [0.1, 0.15) is 23.7 Å². The SMILES string of the molecule is C[C@@H]1c2ccsc2CC[NH+]1Cc1nc2c(oc3ccccc32)c(=O)[nH]1. The van der Waals surface area contributed by atoms with Crippen molar-refractivity contribution in [2.24, 2.45) is 0 Å². The lowest BCUT2D eigenvalue weighted by Gasteiger charge is -2.29. The summed E-state index contributed by atoms with van der Waals surface area (Å²) in [4.78, 5) is 23.0. The average molecular weight is 352 g/mol. The molecule has 5 nitrogen and oxygen atoms in total. The van der Waals surface area contributed by atoms with Crippen LogP contribution in [0.15, 0.2) is 44.9 Å². The van der Waals surface area contributed by atoms with Gasteiger partial charge < -0.3 is 14.3 Å². The minimum atomic E-state index is -0.198. The Bertz CT molecular complexity index is 1140. The first-order valence-corrected chi connectivity index (χ1v) is 9.40. The zero-order chi connectivity index (χ0) is 17.0. The highest BCUT2D eigenvalue weighted by Crippen LogP contribution is 2.26. The van der Waals surface area contributed by atoms with Crippen molar-refractivity contribution in [1.29, 1.82) is 0 Å². The standard InChI is InChI=1S/C19H17N3O2S/c1-11-12-7-9-25-15(12)6-8-22(11)10-16-20-17-13-4-2-3-5-14(13)24-18(17)19(23)21-16/h2-5,7,9,11H,6,8,10H2,1H3,(H,20,21,23)/p+1/t11-/m1/s1. The van der Waals surface area contributed by atoms with E-state index in [1.807, 2.05) is 35.6 Å². The van der Waals surface area contributed by atoms with Gasteiger partial charge >= 0.3 is 0 Å². The van der Waals surface area contributed by atoms with Crippen LogP contribution >= 0.6 is 11.3 Å². The summed E-state index contributed by atoms with van der Waals surface area (Å²) in [5, 5.41) is 3.07. The second kappa shape index (κ2) is 5.54. The molecule has 4 heterocycles. The number of nitrogens with zero attached hydrogens (tertiary/aromatic N) is 1. The number of benzene rings is 1. The zero-order valence-electron chi connectivity index (χ0n) is 13.8. The third-order valence-corrected chi connectivity index (χ3v) is 6.20. The number of aromatic nitrogens is 2. The first-order valence-electron chi connectivity index (χ1n) is 8.52. The summed E-state index contributed by atoms with van der Waals surface area (Å²) in [6.07, 6.45) is 1.09. The summed E-state index contributed by atoms with van der Waals surface area (Å²) in [5.74, 6) is 0.726. The molecule has 0 bridgehead atoms. The van der Waals surface area contributed by atoms with E-state index in [0.717, 1.165) is 24.2 Å². The monoisotopic (exact) mass is 352 g/mol. The Morgan fingerprint density at radius 2 is 2.24 bits per heavy atom. The number of fused-ring (bicyclic) bond motifs is 4. The summed E-state index contributed by atoms with van der Waals surface area (Å²) in [5.41, 5.74) is 2.91. The van der Waals surface area contributed by atoms with Gasteiger partial charge in [-0.2, -0.15) is 0 Å². The number of aromatic amines is 1. The van der Waals surface area contributed by atoms with Crippen LogP contribution in [0.4, 0.5) is 0 Å². The highest BCUT2D eigenvalue weighted by atomic mass is 32.1. The van der Waals surface area contributed by atoms with E-state index in [9.17, 15) is 4.79 Å². The Balaban J connectivity index is 1.55. The zero-order valence-corrected chi connectivity index (χ0v) is 14.7. The van der Waals surface area contributed by atoms with Gasteiger partial charge in [0, 0.05) is 22.2 Å². The normalized spacial score (nSPS) is 20.2. The minimum absolute atomic E-state index is 0.198. The summed E-state index contributed by atoms with van der Waals surface area (Å²) >= 11 is 1.85. The molecule has 2 atom stereocenters. The average Bonchev–Trinajstić information content (AvgIpc) is 3.23. The fraction of sp³-hybridized carbons (Fsp3) is 0.263. The molecule has 0 fully saturated rings. The lowest BCUT2D eigenvalue weighted by Crippen LogP contribution is -3.11. The predicted octanol–water partition coefficient (Wildman–Crippen LogP) is 2.43. The fourth-order valence-corrected chi connectivity index (χ4v) is 4.82. The Labute approximate surface area is 147 Å². The minimum Gasteiger partial charge on any atom is -0.449 e.